The van der Waals surface area contributed by atoms with Gasteiger partial charge in [-0.1, -0.05) is 29.3 Å². The fourth-order valence-corrected chi connectivity index (χ4v) is 2.20. The number of halogens is 2. The van der Waals surface area contributed by atoms with E-state index in [1.807, 2.05) is 26.0 Å². The monoisotopic (exact) mass is 284 g/mol. The molecule has 0 bridgehead atoms. The van der Waals surface area contributed by atoms with Gasteiger partial charge in [-0.25, -0.2) is 4.68 Å². The van der Waals surface area contributed by atoms with E-state index in [0.29, 0.717) is 10.0 Å². The number of hydrogen-bond acceptors (Lipinski definition) is 2. The molecule has 96 valence electrons. The Morgan fingerprint density at radius 3 is 2.39 bits per heavy atom. The third-order valence-electron chi connectivity index (χ3n) is 2.89. The highest BCUT2D eigenvalue weighted by Crippen LogP contribution is 2.28. The van der Waals surface area contributed by atoms with Crippen LogP contribution in [0.1, 0.15) is 30.0 Å². The van der Waals surface area contributed by atoms with Gasteiger partial charge in [0.05, 0.1) is 33.2 Å². The van der Waals surface area contributed by atoms with Gasteiger partial charge in [-0.3, -0.25) is 0 Å². The first-order chi connectivity index (χ1) is 8.41. The summed E-state index contributed by atoms with van der Waals surface area (Å²) in [4.78, 5) is 0. The Bertz CT molecular complexity index is 591. The molecule has 1 aromatic carbocycles. The number of aliphatic hydroxyl groups is 1. The Labute approximate surface area is 116 Å². The Morgan fingerprint density at radius 2 is 1.94 bits per heavy atom. The quantitative estimate of drug-likeness (QED) is 0.910. The minimum absolute atomic E-state index is 0.538. The summed E-state index contributed by atoms with van der Waals surface area (Å²) in [5, 5.41) is 15.0. The Balaban J connectivity index is 2.54. The normalized spacial score (nSPS) is 12.8. The number of aryl methyl sites for hydroxylation is 1. The number of aromatic nitrogens is 2. The second-order valence-corrected chi connectivity index (χ2v) is 5.07. The second-order valence-electron chi connectivity index (χ2n) is 4.28. The van der Waals surface area contributed by atoms with Crippen LogP contribution in [-0.2, 0) is 0 Å². The van der Waals surface area contributed by atoms with Gasteiger partial charge in [0.25, 0.3) is 0 Å². The molecular formula is C13H14Cl2N2O. The molecule has 0 spiro atoms. The first-order valence-electron chi connectivity index (χ1n) is 5.61. The Morgan fingerprint density at radius 1 is 1.28 bits per heavy atom. The molecule has 3 nitrogen and oxygen atoms in total. The fourth-order valence-electron chi connectivity index (χ4n) is 1.81. The van der Waals surface area contributed by atoms with Crippen molar-refractivity contribution in [3.8, 4) is 5.69 Å². The zero-order chi connectivity index (χ0) is 13.4. The summed E-state index contributed by atoms with van der Waals surface area (Å²) in [5.74, 6) is 0. The minimum atomic E-state index is -0.541. The van der Waals surface area contributed by atoms with Crippen LogP contribution in [0.2, 0.25) is 10.0 Å². The van der Waals surface area contributed by atoms with Crippen molar-refractivity contribution in [1.29, 1.82) is 0 Å². The number of aliphatic hydroxyl groups excluding tert-OH is 1. The third-order valence-corrected chi connectivity index (χ3v) is 3.74. The molecule has 0 fully saturated rings. The SMILES string of the molecule is Cc1nn(-c2ccc([C@H](C)O)cc2Cl)c(C)c1Cl. The van der Waals surface area contributed by atoms with Crippen LogP contribution in [0.5, 0.6) is 0 Å². The van der Waals surface area contributed by atoms with Crippen LogP contribution >= 0.6 is 23.2 Å². The predicted octanol–water partition coefficient (Wildman–Crippen LogP) is 3.85. The molecule has 1 aromatic heterocycles. The molecule has 18 heavy (non-hydrogen) atoms. The van der Waals surface area contributed by atoms with Crippen LogP contribution in [-0.4, -0.2) is 14.9 Å². The van der Waals surface area contributed by atoms with Crippen LogP contribution in [0, 0.1) is 13.8 Å². The molecular weight excluding hydrogens is 271 g/mol. The van der Waals surface area contributed by atoms with Crippen LogP contribution < -0.4 is 0 Å². The van der Waals surface area contributed by atoms with Gasteiger partial charge in [-0.15, -0.1) is 0 Å². The summed E-state index contributed by atoms with van der Waals surface area (Å²) in [6.45, 7) is 5.44. The highest BCUT2D eigenvalue weighted by molar-refractivity contribution is 6.33. The van der Waals surface area contributed by atoms with Crippen molar-refractivity contribution < 1.29 is 5.11 Å². The van der Waals surface area contributed by atoms with E-state index in [-0.39, 0.29) is 0 Å². The van der Waals surface area contributed by atoms with Gasteiger partial charge in [0, 0.05) is 0 Å². The molecule has 0 aliphatic heterocycles. The van der Waals surface area contributed by atoms with Gasteiger partial charge in [0.2, 0.25) is 0 Å². The molecule has 2 aromatic rings. The predicted molar refractivity (Wildman–Crippen MR) is 73.7 cm³/mol. The minimum Gasteiger partial charge on any atom is -0.389 e. The number of rotatable bonds is 2. The summed E-state index contributed by atoms with van der Waals surface area (Å²) in [5.41, 5.74) is 3.15. The lowest BCUT2D eigenvalue weighted by molar-refractivity contribution is 0.199. The molecule has 5 heteroatoms. The highest BCUT2D eigenvalue weighted by atomic mass is 35.5. The molecule has 0 amide bonds. The van der Waals surface area contributed by atoms with Crippen molar-refractivity contribution in [3.63, 3.8) is 0 Å². The van der Waals surface area contributed by atoms with E-state index in [9.17, 15) is 5.11 Å². The van der Waals surface area contributed by atoms with E-state index in [1.165, 1.54) is 0 Å². The van der Waals surface area contributed by atoms with E-state index in [2.05, 4.69) is 5.10 Å². The van der Waals surface area contributed by atoms with Gasteiger partial charge in [0.15, 0.2) is 0 Å². The Kier molecular flexibility index (Phi) is 3.66. The smallest absolute Gasteiger partial charge is 0.0848 e. The molecule has 0 aliphatic rings. The number of hydrogen-bond donors (Lipinski definition) is 1. The average molecular weight is 285 g/mol. The number of nitrogens with zero attached hydrogens (tertiary/aromatic N) is 2. The molecule has 0 radical (unpaired) electrons. The van der Waals surface area contributed by atoms with Crippen molar-refractivity contribution in [3.05, 3.63) is 45.2 Å². The van der Waals surface area contributed by atoms with Crippen LogP contribution in [0.4, 0.5) is 0 Å². The van der Waals surface area contributed by atoms with Gasteiger partial charge in [0.1, 0.15) is 0 Å². The topological polar surface area (TPSA) is 38.0 Å². The zero-order valence-corrected chi connectivity index (χ0v) is 11.9. The van der Waals surface area contributed by atoms with Crippen molar-refractivity contribution in [2.45, 2.75) is 26.9 Å². The van der Waals surface area contributed by atoms with Crippen LogP contribution in [0.15, 0.2) is 18.2 Å². The molecule has 0 aliphatic carbocycles. The van der Waals surface area contributed by atoms with Crippen LogP contribution in [0.3, 0.4) is 0 Å². The lowest BCUT2D eigenvalue weighted by atomic mass is 10.1. The zero-order valence-electron chi connectivity index (χ0n) is 10.4. The lowest BCUT2D eigenvalue weighted by Crippen LogP contribution is -2.01. The maximum Gasteiger partial charge on any atom is 0.0848 e. The van der Waals surface area contributed by atoms with E-state index in [0.717, 1.165) is 22.6 Å². The molecule has 1 heterocycles. The average Bonchev–Trinajstić information content (AvgIpc) is 2.57. The van der Waals surface area contributed by atoms with E-state index in [1.54, 1.807) is 17.7 Å². The van der Waals surface area contributed by atoms with Crippen molar-refractivity contribution in [2.75, 3.05) is 0 Å². The van der Waals surface area contributed by atoms with Crippen molar-refractivity contribution in [1.82, 2.24) is 9.78 Å². The summed E-state index contributed by atoms with van der Waals surface area (Å²) in [7, 11) is 0. The van der Waals surface area contributed by atoms with E-state index >= 15 is 0 Å². The highest BCUT2D eigenvalue weighted by Gasteiger charge is 2.14. The summed E-state index contributed by atoms with van der Waals surface area (Å²) < 4.78 is 1.71. The maximum atomic E-state index is 9.51. The van der Waals surface area contributed by atoms with Gasteiger partial charge in [-0.2, -0.15) is 5.10 Å². The Hall–Kier alpha value is -1.03. The summed E-state index contributed by atoms with van der Waals surface area (Å²) in [6.07, 6.45) is -0.541. The fraction of sp³-hybridized carbons (Fsp3) is 0.308. The number of benzene rings is 1. The summed E-state index contributed by atoms with van der Waals surface area (Å²) >= 11 is 12.3. The van der Waals surface area contributed by atoms with E-state index < -0.39 is 6.10 Å². The first kappa shape index (κ1) is 13.4. The van der Waals surface area contributed by atoms with E-state index in [4.69, 9.17) is 23.2 Å². The molecule has 0 saturated heterocycles. The third kappa shape index (κ3) is 2.26. The molecule has 0 saturated carbocycles. The molecule has 1 atom stereocenters. The lowest BCUT2D eigenvalue weighted by Gasteiger charge is -2.10. The maximum absolute atomic E-state index is 9.51. The second kappa shape index (κ2) is 4.92. The largest absolute Gasteiger partial charge is 0.389 e. The summed E-state index contributed by atoms with van der Waals surface area (Å²) in [6, 6.07) is 5.41. The van der Waals surface area contributed by atoms with Crippen molar-refractivity contribution >= 4 is 23.2 Å². The first-order valence-corrected chi connectivity index (χ1v) is 6.37. The van der Waals surface area contributed by atoms with Gasteiger partial charge >= 0.3 is 0 Å². The standard InChI is InChI=1S/C13H14Cl2N2O/c1-7-13(15)8(2)17(16-7)12-5-4-10(9(3)18)6-11(12)14/h4-6,9,18H,1-3H3/t9-/m0/s1. The van der Waals surface area contributed by atoms with Crippen molar-refractivity contribution in [2.24, 2.45) is 0 Å². The molecule has 2 rings (SSSR count). The van der Waals surface area contributed by atoms with Gasteiger partial charge < -0.3 is 5.11 Å². The molecule has 1 N–H and O–H groups in total. The van der Waals surface area contributed by atoms with Gasteiger partial charge in [-0.05, 0) is 38.5 Å². The van der Waals surface area contributed by atoms with Crippen LogP contribution in [0.25, 0.3) is 5.69 Å². The molecule has 0 unspecified atom stereocenters.